The van der Waals surface area contributed by atoms with Crippen LogP contribution < -0.4 is 0 Å². The van der Waals surface area contributed by atoms with Gasteiger partial charge >= 0.3 is 0 Å². The predicted octanol–water partition coefficient (Wildman–Crippen LogP) is 13.4. The molecule has 43 heavy (non-hydrogen) atoms. The first-order valence-corrected chi connectivity index (χ1v) is 17.1. The molecular weight excluding hydrogens is 516 g/mol. The van der Waals surface area contributed by atoms with E-state index in [9.17, 15) is 0 Å². The van der Waals surface area contributed by atoms with Crippen molar-refractivity contribution in [3.8, 4) is 0 Å². The topological polar surface area (TPSA) is 0 Å². The standard InChI is InChI=1S/C41H54.C2H6/c1-10-11-12-36(33-17-19-34(20-18-33)37-16-13-28(2)30(4)23-37)24-31(5)32(6)25-38-26-39-27-40(41(7,8)9)22-21-35(39)15-14-29(38)3;1-2/h13,15-20,23,25-26,30,36,40H,2,5,10-12,14,21-22,24,27H2,1,3-4,6-9H3;1-2H3/b32-25+;/t30?,36-,40?;/m0./s1. The van der Waals surface area contributed by atoms with Crippen molar-refractivity contribution in [1.29, 1.82) is 0 Å². The second kappa shape index (κ2) is 15.7. The van der Waals surface area contributed by atoms with Crippen molar-refractivity contribution < 1.29 is 0 Å². The van der Waals surface area contributed by atoms with Crippen molar-refractivity contribution >= 4 is 5.57 Å². The van der Waals surface area contributed by atoms with Crippen molar-refractivity contribution in [3.63, 3.8) is 0 Å². The zero-order chi connectivity index (χ0) is 31.7. The van der Waals surface area contributed by atoms with Gasteiger partial charge in [-0.05, 0) is 120 Å². The molecule has 1 aromatic carbocycles. The molecule has 4 rings (SSSR count). The predicted molar refractivity (Wildman–Crippen MR) is 193 cm³/mol. The van der Waals surface area contributed by atoms with Gasteiger partial charge in [0.2, 0.25) is 0 Å². The monoisotopic (exact) mass is 576 g/mol. The Bertz CT molecular complexity index is 1320. The first kappa shape index (κ1) is 34.6. The van der Waals surface area contributed by atoms with Crippen LogP contribution in [0.1, 0.15) is 131 Å². The molecule has 0 amide bonds. The number of unbranched alkanes of at least 4 members (excludes halogenated alkanes) is 1. The quantitative estimate of drug-likeness (QED) is 0.256. The van der Waals surface area contributed by atoms with E-state index in [-0.39, 0.29) is 0 Å². The van der Waals surface area contributed by atoms with Crippen LogP contribution in [0.4, 0.5) is 0 Å². The second-order valence-electron chi connectivity index (χ2n) is 14.1. The van der Waals surface area contributed by atoms with E-state index in [4.69, 9.17) is 0 Å². The normalized spacial score (nSPS) is 21.6. The van der Waals surface area contributed by atoms with E-state index in [1.54, 1.807) is 11.1 Å². The highest BCUT2D eigenvalue weighted by molar-refractivity contribution is 5.76. The molecule has 0 heteroatoms. The van der Waals surface area contributed by atoms with Gasteiger partial charge < -0.3 is 0 Å². The summed E-state index contributed by atoms with van der Waals surface area (Å²) < 4.78 is 0. The first-order chi connectivity index (χ1) is 20.5. The first-order valence-electron chi connectivity index (χ1n) is 17.1. The molecule has 0 radical (unpaired) electrons. The second-order valence-corrected chi connectivity index (χ2v) is 14.1. The summed E-state index contributed by atoms with van der Waals surface area (Å²) in [6.45, 7) is 29.1. The Labute approximate surface area is 265 Å². The molecule has 3 atom stereocenters. The fourth-order valence-electron chi connectivity index (χ4n) is 6.53. The Morgan fingerprint density at radius 3 is 2.40 bits per heavy atom. The van der Waals surface area contributed by atoms with E-state index in [0.717, 1.165) is 18.8 Å². The maximum atomic E-state index is 4.62. The Morgan fingerprint density at radius 2 is 1.77 bits per heavy atom. The summed E-state index contributed by atoms with van der Waals surface area (Å²) in [5.41, 5.74) is 14.2. The highest BCUT2D eigenvalue weighted by Gasteiger charge is 2.30. The highest BCUT2D eigenvalue weighted by Crippen LogP contribution is 2.44. The van der Waals surface area contributed by atoms with Crippen LogP contribution in [0.25, 0.3) is 5.57 Å². The summed E-state index contributed by atoms with van der Waals surface area (Å²) in [5, 5.41) is 0. The summed E-state index contributed by atoms with van der Waals surface area (Å²) in [4.78, 5) is 0. The Morgan fingerprint density at radius 1 is 1.07 bits per heavy atom. The molecule has 0 nitrogen and oxygen atoms in total. The van der Waals surface area contributed by atoms with Crippen LogP contribution in [0, 0.1) is 17.3 Å². The molecular formula is C43H60. The number of rotatable bonds is 9. The lowest BCUT2D eigenvalue weighted by Gasteiger charge is -2.36. The number of fused-ring (bicyclic) bond motifs is 1. The van der Waals surface area contributed by atoms with Crippen LogP contribution in [0.5, 0.6) is 0 Å². The molecule has 3 aliphatic rings. The molecule has 0 heterocycles. The van der Waals surface area contributed by atoms with Crippen molar-refractivity contribution in [2.45, 2.75) is 120 Å². The number of allylic oxidation sites excluding steroid dienone is 14. The molecule has 0 aliphatic heterocycles. The SMILES string of the molecule is C=C(C[C@H](CCCC)c1ccc(C2=CC(C)C(=C)C=C2)cc1)/C(C)=C/C1=C(C)CC=C2CCC(C(C)(C)C)CC2=C1.CC. The molecule has 0 aromatic heterocycles. The summed E-state index contributed by atoms with van der Waals surface area (Å²) in [6.07, 6.45) is 23.6. The Kier molecular flexibility index (Phi) is 12.7. The molecule has 0 bridgehead atoms. The van der Waals surface area contributed by atoms with Crippen LogP contribution in [0.15, 0.2) is 113 Å². The van der Waals surface area contributed by atoms with Crippen molar-refractivity contribution in [2.24, 2.45) is 17.3 Å². The van der Waals surface area contributed by atoms with Crippen molar-refractivity contribution in [1.82, 2.24) is 0 Å². The largest absolute Gasteiger partial charge is 0.0955 e. The van der Waals surface area contributed by atoms with Gasteiger partial charge in [-0.15, -0.1) is 0 Å². The lowest BCUT2D eigenvalue weighted by atomic mass is 9.69. The molecule has 1 aromatic rings. The van der Waals surface area contributed by atoms with E-state index < -0.39 is 0 Å². The van der Waals surface area contributed by atoms with Gasteiger partial charge in [-0.25, -0.2) is 0 Å². The minimum Gasteiger partial charge on any atom is -0.0955 e. The maximum absolute atomic E-state index is 4.62. The minimum absolute atomic E-state index is 0.362. The fraction of sp³-hybridized carbons (Fsp3) is 0.488. The number of benzene rings is 1. The molecule has 0 spiro atoms. The average molecular weight is 577 g/mol. The summed E-state index contributed by atoms with van der Waals surface area (Å²) >= 11 is 0. The molecule has 0 saturated heterocycles. The molecule has 1 fully saturated rings. The smallest absolute Gasteiger partial charge is 0.000709 e. The van der Waals surface area contributed by atoms with Gasteiger partial charge in [0.1, 0.15) is 0 Å². The Hall–Kier alpha value is -2.86. The van der Waals surface area contributed by atoms with Crippen LogP contribution >= 0.6 is 0 Å². The van der Waals surface area contributed by atoms with E-state index in [1.165, 1.54) is 83.1 Å². The maximum Gasteiger partial charge on any atom is -0.000709 e. The van der Waals surface area contributed by atoms with Gasteiger partial charge in [-0.3, -0.25) is 0 Å². The van der Waals surface area contributed by atoms with Gasteiger partial charge in [0.15, 0.2) is 0 Å². The van der Waals surface area contributed by atoms with E-state index >= 15 is 0 Å². The average Bonchev–Trinajstić information content (AvgIpc) is 3.15. The summed E-state index contributed by atoms with van der Waals surface area (Å²) in [5.74, 6) is 1.65. The van der Waals surface area contributed by atoms with Gasteiger partial charge in [-0.1, -0.05) is 146 Å². The van der Waals surface area contributed by atoms with Gasteiger partial charge in [-0.2, -0.15) is 0 Å². The number of hydrogen-bond acceptors (Lipinski definition) is 0. The summed E-state index contributed by atoms with van der Waals surface area (Å²) in [7, 11) is 0. The Balaban J connectivity index is 0.00000248. The molecule has 1 saturated carbocycles. The highest BCUT2D eigenvalue weighted by atomic mass is 14.4. The third-order valence-corrected chi connectivity index (χ3v) is 9.88. The van der Waals surface area contributed by atoms with Crippen LogP contribution in [-0.2, 0) is 0 Å². The van der Waals surface area contributed by atoms with E-state index in [0.29, 0.717) is 17.3 Å². The van der Waals surface area contributed by atoms with E-state index in [2.05, 4.69) is 122 Å². The number of hydrogen-bond donors (Lipinski definition) is 0. The minimum atomic E-state index is 0.362. The molecule has 232 valence electrons. The van der Waals surface area contributed by atoms with Crippen LogP contribution in [0.2, 0.25) is 0 Å². The van der Waals surface area contributed by atoms with Crippen molar-refractivity contribution in [2.75, 3.05) is 0 Å². The third kappa shape index (κ3) is 9.31. The van der Waals surface area contributed by atoms with E-state index in [1.807, 2.05) is 13.8 Å². The summed E-state index contributed by atoms with van der Waals surface area (Å²) in [6, 6.07) is 9.33. The van der Waals surface area contributed by atoms with Gasteiger partial charge in [0, 0.05) is 0 Å². The zero-order valence-corrected chi connectivity index (χ0v) is 29.1. The lowest BCUT2D eigenvalue weighted by Crippen LogP contribution is -2.24. The van der Waals surface area contributed by atoms with Crippen LogP contribution in [-0.4, -0.2) is 0 Å². The van der Waals surface area contributed by atoms with Gasteiger partial charge in [0.25, 0.3) is 0 Å². The molecule has 2 unspecified atom stereocenters. The third-order valence-electron chi connectivity index (χ3n) is 9.88. The molecule has 3 aliphatic carbocycles. The lowest BCUT2D eigenvalue weighted by molar-refractivity contribution is 0.215. The zero-order valence-electron chi connectivity index (χ0n) is 29.1. The van der Waals surface area contributed by atoms with Gasteiger partial charge in [0.05, 0.1) is 0 Å². The van der Waals surface area contributed by atoms with Crippen molar-refractivity contribution in [3.05, 3.63) is 124 Å². The fourth-order valence-corrected chi connectivity index (χ4v) is 6.53. The molecule has 0 N–H and O–H groups in total. The van der Waals surface area contributed by atoms with Crippen LogP contribution in [0.3, 0.4) is 0 Å².